The topological polar surface area (TPSA) is 43.8 Å². The minimum absolute atomic E-state index is 0.141. The standard InChI is InChI=1S/C10H16BrN3/c1-7-8(9(11)14(2)13-7)3-4-10(12)5-6-10/h3-6,12H2,1-2H3. The quantitative estimate of drug-likeness (QED) is 0.900. The molecule has 14 heavy (non-hydrogen) atoms. The van der Waals surface area contributed by atoms with Gasteiger partial charge in [-0.15, -0.1) is 0 Å². The van der Waals surface area contributed by atoms with Crippen LogP contribution in [-0.2, 0) is 13.5 Å². The largest absolute Gasteiger partial charge is 0.325 e. The molecule has 2 rings (SSSR count). The SMILES string of the molecule is Cc1nn(C)c(Br)c1CCC1(N)CC1. The van der Waals surface area contributed by atoms with Gasteiger partial charge in [0, 0.05) is 18.2 Å². The van der Waals surface area contributed by atoms with Gasteiger partial charge >= 0.3 is 0 Å². The Morgan fingerprint density at radius 2 is 2.21 bits per heavy atom. The van der Waals surface area contributed by atoms with Crippen molar-refractivity contribution in [3.8, 4) is 0 Å². The van der Waals surface area contributed by atoms with E-state index in [1.165, 1.54) is 18.4 Å². The third-order valence-corrected chi connectivity index (χ3v) is 4.03. The van der Waals surface area contributed by atoms with Gasteiger partial charge < -0.3 is 5.73 Å². The van der Waals surface area contributed by atoms with E-state index in [-0.39, 0.29) is 5.54 Å². The van der Waals surface area contributed by atoms with E-state index in [0.29, 0.717) is 0 Å². The molecule has 0 unspecified atom stereocenters. The van der Waals surface area contributed by atoms with Crippen molar-refractivity contribution in [2.45, 2.75) is 38.1 Å². The molecule has 1 aliphatic carbocycles. The van der Waals surface area contributed by atoms with Gasteiger partial charge in [-0.1, -0.05) is 0 Å². The maximum atomic E-state index is 6.06. The minimum atomic E-state index is 0.141. The van der Waals surface area contributed by atoms with Crippen molar-refractivity contribution >= 4 is 15.9 Å². The first-order valence-electron chi connectivity index (χ1n) is 4.99. The molecule has 0 spiro atoms. The second-order valence-corrected chi connectivity index (χ2v) is 5.09. The normalized spacial score (nSPS) is 18.6. The number of hydrogen-bond donors (Lipinski definition) is 1. The highest BCUT2D eigenvalue weighted by Crippen LogP contribution is 2.37. The van der Waals surface area contributed by atoms with Crippen LogP contribution in [0.25, 0.3) is 0 Å². The molecule has 1 aromatic rings. The van der Waals surface area contributed by atoms with Crippen LogP contribution >= 0.6 is 15.9 Å². The lowest BCUT2D eigenvalue weighted by molar-refractivity contribution is 0.607. The van der Waals surface area contributed by atoms with Gasteiger partial charge in [-0.05, 0) is 48.5 Å². The van der Waals surface area contributed by atoms with Crippen LogP contribution in [0.15, 0.2) is 4.60 Å². The van der Waals surface area contributed by atoms with E-state index in [4.69, 9.17) is 5.73 Å². The molecule has 0 bridgehead atoms. The molecular formula is C10H16BrN3. The van der Waals surface area contributed by atoms with Gasteiger partial charge in [-0.25, -0.2) is 0 Å². The third kappa shape index (κ3) is 1.86. The van der Waals surface area contributed by atoms with Gasteiger partial charge in [0.1, 0.15) is 4.60 Å². The summed E-state index contributed by atoms with van der Waals surface area (Å²) in [6.07, 6.45) is 4.49. The smallest absolute Gasteiger partial charge is 0.107 e. The summed E-state index contributed by atoms with van der Waals surface area (Å²) in [6.45, 7) is 2.05. The Balaban J connectivity index is 2.08. The van der Waals surface area contributed by atoms with Crippen molar-refractivity contribution in [1.29, 1.82) is 0 Å². The monoisotopic (exact) mass is 257 g/mol. The van der Waals surface area contributed by atoms with Gasteiger partial charge in [-0.2, -0.15) is 5.10 Å². The lowest BCUT2D eigenvalue weighted by Crippen LogP contribution is -2.22. The fourth-order valence-electron chi connectivity index (χ4n) is 1.74. The minimum Gasteiger partial charge on any atom is -0.325 e. The van der Waals surface area contributed by atoms with Crippen molar-refractivity contribution in [3.05, 3.63) is 15.9 Å². The molecule has 0 atom stereocenters. The highest BCUT2D eigenvalue weighted by Gasteiger charge is 2.37. The summed E-state index contributed by atoms with van der Waals surface area (Å²) in [5, 5.41) is 4.36. The second kappa shape index (κ2) is 3.35. The molecule has 0 aliphatic heterocycles. The number of nitrogens with zero attached hydrogens (tertiary/aromatic N) is 2. The van der Waals surface area contributed by atoms with E-state index >= 15 is 0 Å². The zero-order valence-electron chi connectivity index (χ0n) is 8.68. The van der Waals surface area contributed by atoms with E-state index in [9.17, 15) is 0 Å². The number of aromatic nitrogens is 2. The molecule has 1 saturated carbocycles. The number of hydrogen-bond acceptors (Lipinski definition) is 2. The molecule has 1 aromatic heterocycles. The van der Waals surface area contributed by atoms with Crippen LogP contribution in [0.1, 0.15) is 30.5 Å². The van der Waals surface area contributed by atoms with Crippen molar-refractivity contribution in [2.75, 3.05) is 0 Å². The highest BCUT2D eigenvalue weighted by molar-refractivity contribution is 9.10. The molecular weight excluding hydrogens is 242 g/mol. The highest BCUT2D eigenvalue weighted by atomic mass is 79.9. The third-order valence-electron chi connectivity index (χ3n) is 3.03. The summed E-state index contributed by atoms with van der Waals surface area (Å²) < 4.78 is 2.97. The Labute approximate surface area is 92.8 Å². The Hall–Kier alpha value is -0.350. The van der Waals surface area contributed by atoms with Crippen LogP contribution in [0, 0.1) is 6.92 Å². The molecule has 1 heterocycles. The van der Waals surface area contributed by atoms with Crippen LogP contribution in [0.3, 0.4) is 0 Å². The maximum absolute atomic E-state index is 6.06. The van der Waals surface area contributed by atoms with Crippen LogP contribution in [0.4, 0.5) is 0 Å². The Morgan fingerprint density at radius 1 is 1.57 bits per heavy atom. The molecule has 0 radical (unpaired) electrons. The molecule has 0 amide bonds. The predicted molar refractivity (Wildman–Crippen MR) is 60.1 cm³/mol. The lowest BCUT2D eigenvalue weighted by atomic mass is 10.1. The van der Waals surface area contributed by atoms with Gasteiger partial charge in [0.25, 0.3) is 0 Å². The van der Waals surface area contributed by atoms with Crippen LogP contribution in [-0.4, -0.2) is 15.3 Å². The van der Waals surface area contributed by atoms with Crippen LogP contribution in [0.2, 0.25) is 0 Å². The lowest BCUT2D eigenvalue weighted by Gasteiger charge is -2.07. The summed E-state index contributed by atoms with van der Waals surface area (Å²) in [4.78, 5) is 0. The molecule has 0 saturated heterocycles. The first kappa shape index (κ1) is 10.2. The van der Waals surface area contributed by atoms with E-state index in [0.717, 1.165) is 23.1 Å². The van der Waals surface area contributed by atoms with Gasteiger partial charge in [0.15, 0.2) is 0 Å². The Kier molecular flexibility index (Phi) is 2.43. The van der Waals surface area contributed by atoms with Gasteiger partial charge in [0.05, 0.1) is 5.69 Å². The van der Waals surface area contributed by atoms with E-state index in [1.54, 1.807) is 0 Å². The first-order chi connectivity index (χ1) is 6.52. The Bertz CT molecular complexity index is 352. The number of halogens is 1. The molecule has 4 heteroatoms. The maximum Gasteiger partial charge on any atom is 0.107 e. The van der Waals surface area contributed by atoms with Crippen molar-refractivity contribution < 1.29 is 0 Å². The van der Waals surface area contributed by atoms with E-state index < -0.39 is 0 Å². The van der Waals surface area contributed by atoms with Crippen LogP contribution < -0.4 is 5.73 Å². The average molecular weight is 258 g/mol. The summed E-state index contributed by atoms with van der Waals surface area (Å²) >= 11 is 3.55. The predicted octanol–water partition coefficient (Wildman–Crippen LogP) is 1.91. The zero-order chi connectivity index (χ0) is 10.3. The zero-order valence-corrected chi connectivity index (χ0v) is 10.3. The van der Waals surface area contributed by atoms with Gasteiger partial charge in [0.2, 0.25) is 0 Å². The molecule has 78 valence electrons. The second-order valence-electron chi connectivity index (χ2n) is 4.34. The molecule has 1 fully saturated rings. The van der Waals surface area contributed by atoms with Crippen molar-refractivity contribution in [1.82, 2.24) is 9.78 Å². The summed E-state index contributed by atoms with van der Waals surface area (Å²) in [6, 6.07) is 0. The molecule has 3 nitrogen and oxygen atoms in total. The molecule has 2 N–H and O–H groups in total. The number of aryl methyl sites for hydroxylation is 2. The molecule has 1 aliphatic rings. The average Bonchev–Trinajstić information content (AvgIpc) is 2.78. The fraction of sp³-hybridized carbons (Fsp3) is 0.700. The number of nitrogens with two attached hydrogens (primary N) is 1. The van der Waals surface area contributed by atoms with Crippen LogP contribution in [0.5, 0.6) is 0 Å². The first-order valence-corrected chi connectivity index (χ1v) is 5.78. The summed E-state index contributed by atoms with van der Waals surface area (Å²) in [5.74, 6) is 0. The van der Waals surface area contributed by atoms with Crippen molar-refractivity contribution in [2.24, 2.45) is 12.8 Å². The fourth-order valence-corrected chi connectivity index (χ4v) is 2.31. The number of rotatable bonds is 3. The Morgan fingerprint density at radius 3 is 2.64 bits per heavy atom. The summed E-state index contributed by atoms with van der Waals surface area (Å²) in [5.41, 5.74) is 8.62. The van der Waals surface area contributed by atoms with Crippen molar-refractivity contribution in [3.63, 3.8) is 0 Å². The molecule has 0 aromatic carbocycles. The van der Waals surface area contributed by atoms with E-state index in [1.807, 2.05) is 11.7 Å². The van der Waals surface area contributed by atoms with Gasteiger partial charge in [-0.3, -0.25) is 4.68 Å². The van der Waals surface area contributed by atoms with E-state index in [2.05, 4.69) is 28.0 Å². The summed E-state index contributed by atoms with van der Waals surface area (Å²) in [7, 11) is 1.95.